The lowest BCUT2D eigenvalue weighted by atomic mass is 9.99. The summed E-state index contributed by atoms with van der Waals surface area (Å²) in [6, 6.07) is 24.7. The molecule has 0 aliphatic rings. The summed E-state index contributed by atoms with van der Waals surface area (Å²) in [7, 11) is 0. The Labute approximate surface area is 132 Å². The van der Waals surface area contributed by atoms with Crippen molar-refractivity contribution in [1.82, 2.24) is 0 Å². The highest BCUT2D eigenvalue weighted by atomic mass is 79.9. The van der Waals surface area contributed by atoms with Gasteiger partial charge in [0.25, 0.3) is 0 Å². The number of halogens is 2. The van der Waals surface area contributed by atoms with E-state index in [1.807, 2.05) is 30.3 Å². The molecule has 0 unspecified atom stereocenters. The summed E-state index contributed by atoms with van der Waals surface area (Å²) < 4.78 is 1.08. The highest BCUT2D eigenvalue weighted by Crippen LogP contribution is 2.33. The maximum absolute atomic E-state index is 5.95. The van der Waals surface area contributed by atoms with Crippen molar-refractivity contribution >= 4 is 27.5 Å². The molecule has 2 heteroatoms. The zero-order valence-electron chi connectivity index (χ0n) is 10.7. The van der Waals surface area contributed by atoms with E-state index >= 15 is 0 Å². The van der Waals surface area contributed by atoms with E-state index in [0.717, 1.165) is 15.1 Å². The van der Waals surface area contributed by atoms with Gasteiger partial charge in [0.05, 0.1) is 0 Å². The van der Waals surface area contributed by atoms with Crippen molar-refractivity contribution in [2.75, 3.05) is 0 Å². The van der Waals surface area contributed by atoms with Crippen LogP contribution < -0.4 is 0 Å². The summed E-state index contributed by atoms with van der Waals surface area (Å²) in [4.78, 5) is 0. The fourth-order valence-electron chi connectivity index (χ4n) is 2.19. The second kappa shape index (κ2) is 5.82. The molecule has 98 valence electrons. The molecule has 0 aliphatic carbocycles. The summed E-state index contributed by atoms with van der Waals surface area (Å²) in [6.45, 7) is 0. The molecule has 20 heavy (non-hydrogen) atoms. The van der Waals surface area contributed by atoms with Crippen molar-refractivity contribution in [3.8, 4) is 22.3 Å². The molecular weight excluding hydrogens is 332 g/mol. The summed E-state index contributed by atoms with van der Waals surface area (Å²) >= 11 is 9.58. The number of hydrogen-bond donors (Lipinski definition) is 0. The summed E-state index contributed by atoms with van der Waals surface area (Å²) in [5, 5.41) is 0.754. The smallest absolute Gasteiger partial charge is 0.0406 e. The molecule has 0 saturated carbocycles. The zero-order valence-corrected chi connectivity index (χ0v) is 13.0. The Bertz CT molecular complexity index is 718. The standard InChI is InChI=1S/C18H12BrCl/c19-18-11-8-15(13-4-2-1-3-5-13)12-17(18)14-6-9-16(20)10-7-14/h1-12H. The molecule has 3 rings (SSSR count). The van der Waals surface area contributed by atoms with Crippen molar-refractivity contribution in [2.24, 2.45) is 0 Å². The molecule has 0 nitrogen and oxygen atoms in total. The highest BCUT2D eigenvalue weighted by molar-refractivity contribution is 9.10. The molecule has 0 saturated heterocycles. The molecule has 0 aromatic heterocycles. The molecule has 3 aromatic carbocycles. The van der Waals surface area contributed by atoms with E-state index in [0.29, 0.717) is 0 Å². The van der Waals surface area contributed by atoms with Crippen LogP contribution in [0, 0.1) is 0 Å². The Morgan fingerprint density at radius 1 is 0.650 bits per heavy atom. The van der Waals surface area contributed by atoms with Crippen molar-refractivity contribution in [1.29, 1.82) is 0 Å². The van der Waals surface area contributed by atoms with E-state index in [4.69, 9.17) is 11.6 Å². The molecule has 0 heterocycles. The van der Waals surface area contributed by atoms with E-state index in [1.165, 1.54) is 16.7 Å². The van der Waals surface area contributed by atoms with Crippen LogP contribution in [-0.4, -0.2) is 0 Å². The van der Waals surface area contributed by atoms with Crippen molar-refractivity contribution in [2.45, 2.75) is 0 Å². The zero-order chi connectivity index (χ0) is 13.9. The fraction of sp³-hybridized carbons (Fsp3) is 0. The third-order valence-corrected chi connectivity index (χ3v) is 4.17. The fourth-order valence-corrected chi connectivity index (χ4v) is 2.79. The van der Waals surface area contributed by atoms with E-state index in [2.05, 4.69) is 58.4 Å². The topological polar surface area (TPSA) is 0 Å². The lowest BCUT2D eigenvalue weighted by molar-refractivity contribution is 1.56. The SMILES string of the molecule is Clc1ccc(-c2cc(-c3ccccc3)ccc2Br)cc1. The molecule has 0 aliphatic heterocycles. The van der Waals surface area contributed by atoms with Gasteiger partial charge in [-0.2, -0.15) is 0 Å². The average Bonchev–Trinajstić information content (AvgIpc) is 2.50. The lowest BCUT2D eigenvalue weighted by Gasteiger charge is -2.09. The monoisotopic (exact) mass is 342 g/mol. The van der Waals surface area contributed by atoms with Crippen LogP contribution >= 0.6 is 27.5 Å². The number of rotatable bonds is 2. The Balaban J connectivity index is 2.10. The second-order valence-corrected chi connectivity index (χ2v) is 5.86. The second-order valence-electron chi connectivity index (χ2n) is 4.57. The molecule has 0 fully saturated rings. The van der Waals surface area contributed by atoms with Crippen molar-refractivity contribution < 1.29 is 0 Å². The normalized spacial score (nSPS) is 10.5. The largest absolute Gasteiger partial charge is 0.0843 e. The van der Waals surface area contributed by atoms with Gasteiger partial charge < -0.3 is 0 Å². The molecule has 0 radical (unpaired) electrons. The third kappa shape index (κ3) is 2.79. The van der Waals surface area contributed by atoms with Crippen LogP contribution in [0.25, 0.3) is 22.3 Å². The molecule has 3 aromatic rings. The Morgan fingerprint density at radius 2 is 1.30 bits per heavy atom. The van der Waals surface area contributed by atoms with E-state index < -0.39 is 0 Å². The number of benzene rings is 3. The minimum Gasteiger partial charge on any atom is -0.0843 e. The van der Waals surface area contributed by atoms with Gasteiger partial charge in [-0.05, 0) is 46.5 Å². The van der Waals surface area contributed by atoms with Gasteiger partial charge in [-0.1, -0.05) is 76.1 Å². The minimum atomic E-state index is 0.754. The van der Waals surface area contributed by atoms with Gasteiger partial charge >= 0.3 is 0 Å². The first kappa shape index (κ1) is 13.4. The van der Waals surface area contributed by atoms with E-state index in [-0.39, 0.29) is 0 Å². The molecule has 0 bridgehead atoms. The van der Waals surface area contributed by atoms with Gasteiger partial charge in [-0.3, -0.25) is 0 Å². The highest BCUT2D eigenvalue weighted by Gasteiger charge is 2.06. The third-order valence-electron chi connectivity index (χ3n) is 3.23. The van der Waals surface area contributed by atoms with Crippen LogP contribution in [0.3, 0.4) is 0 Å². The van der Waals surface area contributed by atoms with E-state index in [1.54, 1.807) is 0 Å². The molecule has 0 N–H and O–H groups in total. The predicted octanol–water partition coefficient (Wildman–Crippen LogP) is 6.44. The Hall–Kier alpha value is -1.57. The van der Waals surface area contributed by atoms with Crippen molar-refractivity contribution in [3.05, 3.63) is 82.3 Å². The van der Waals surface area contributed by atoms with Crippen LogP contribution in [0.4, 0.5) is 0 Å². The average molecular weight is 344 g/mol. The van der Waals surface area contributed by atoms with Crippen LogP contribution in [0.2, 0.25) is 5.02 Å². The summed E-state index contributed by atoms with van der Waals surface area (Å²) in [5.74, 6) is 0. The van der Waals surface area contributed by atoms with Crippen LogP contribution in [0.5, 0.6) is 0 Å². The first-order valence-corrected chi connectivity index (χ1v) is 7.52. The van der Waals surface area contributed by atoms with Crippen LogP contribution in [0.15, 0.2) is 77.3 Å². The lowest BCUT2D eigenvalue weighted by Crippen LogP contribution is -1.83. The van der Waals surface area contributed by atoms with Crippen LogP contribution in [0.1, 0.15) is 0 Å². The Morgan fingerprint density at radius 3 is 2.00 bits per heavy atom. The minimum absolute atomic E-state index is 0.754. The van der Waals surface area contributed by atoms with Gasteiger partial charge in [-0.15, -0.1) is 0 Å². The summed E-state index contributed by atoms with van der Waals surface area (Å²) in [5.41, 5.74) is 4.75. The van der Waals surface area contributed by atoms with Crippen LogP contribution in [-0.2, 0) is 0 Å². The van der Waals surface area contributed by atoms with Gasteiger partial charge in [0, 0.05) is 9.50 Å². The van der Waals surface area contributed by atoms with Gasteiger partial charge in [0.2, 0.25) is 0 Å². The first-order chi connectivity index (χ1) is 9.74. The van der Waals surface area contributed by atoms with Gasteiger partial charge in [0.15, 0.2) is 0 Å². The Kier molecular flexibility index (Phi) is 3.90. The molecule has 0 atom stereocenters. The van der Waals surface area contributed by atoms with E-state index in [9.17, 15) is 0 Å². The molecule has 0 amide bonds. The quantitative estimate of drug-likeness (QED) is 0.502. The maximum Gasteiger partial charge on any atom is 0.0406 e. The van der Waals surface area contributed by atoms with Crippen molar-refractivity contribution in [3.63, 3.8) is 0 Å². The molecule has 0 spiro atoms. The number of hydrogen-bond acceptors (Lipinski definition) is 0. The first-order valence-electron chi connectivity index (χ1n) is 6.35. The molecular formula is C18H12BrCl. The van der Waals surface area contributed by atoms with Gasteiger partial charge in [-0.25, -0.2) is 0 Å². The summed E-state index contributed by atoms with van der Waals surface area (Å²) in [6.07, 6.45) is 0. The predicted molar refractivity (Wildman–Crippen MR) is 90.0 cm³/mol. The van der Waals surface area contributed by atoms with Gasteiger partial charge in [0.1, 0.15) is 0 Å². The maximum atomic E-state index is 5.95.